The van der Waals surface area contributed by atoms with Gasteiger partial charge in [-0.2, -0.15) is 0 Å². The number of hydrogen-bond acceptors (Lipinski definition) is 1. The van der Waals surface area contributed by atoms with Crippen LogP contribution in [0.25, 0.3) is 0 Å². The van der Waals surface area contributed by atoms with Crippen LogP contribution in [-0.2, 0) is 0 Å². The molecule has 0 aliphatic rings. The SMILES string of the molecule is OC(CF)c1cccc(F)c1Br. The minimum atomic E-state index is -1.25. The quantitative estimate of drug-likeness (QED) is 0.838. The van der Waals surface area contributed by atoms with Crippen LogP contribution in [0.2, 0.25) is 0 Å². The number of aliphatic hydroxyl groups is 1. The van der Waals surface area contributed by atoms with Crippen molar-refractivity contribution in [2.24, 2.45) is 0 Å². The number of benzene rings is 1. The molecule has 1 aromatic rings. The van der Waals surface area contributed by atoms with Crippen LogP contribution in [0.4, 0.5) is 8.78 Å². The summed E-state index contributed by atoms with van der Waals surface area (Å²) in [6.45, 7) is -0.915. The van der Waals surface area contributed by atoms with Crippen LogP contribution < -0.4 is 0 Å². The lowest BCUT2D eigenvalue weighted by Crippen LogP contribution is -2.01. The zero-order valence-corrected chi connectivity index (χ0v) is 7.68. The average Bonchev–Trinajstić information content (AvgIpc) is 2.08. The van der Waals surface area contributed by atoms with Gasteiger partial charge in [-0.1, -0.05) is 12.1 Å². The van der Waals surface area contributed by atoms with Crippen LogP contribution in [0.3, 0.4) is 0 Å². The maximum atomic E-state index is 12.8. The summed E-state index contributed by atoms with van der Waals surface area (Å²) in [5.74, 6) is -0.500. The maximum absolute atomic E-state index is 12.8. The molecule has 1 atom stereocenters. The summed E-state index contributed by atoms with van der Waals surface area (Å²) in [6, 6.07) is 4.13. The Bertz CT molecular complexity index is 278. The number of halogens is 3. The molecule has 0 aromatic heterocycles. The van der Waals surface area contributed by atoms with Crippen LogP contribution in [0.1, 0.15) is 11.7 Å². The number of aliphatic hydroxyl groups excluding tert-OH is 1. The van der Waals surface area contributed by atoms with Gasteiger partial charge in [-0.05, 0) is 22.0 Å². The van der Waals surface area contributed by atoms with Crippen molar-refractivity contribution < 1.29 is 13.9 Å². The Morgan fingerprint density at radius 1 is 1.50 bits per heavy atom. The number of rotatable bonds is 2. The molecule has 1 nitrogen and oxygen atoms in total. The summed E-state index contributed by atoms with van der Waals surface area (Å²) in [5.41, 5.74) is 0.234. The third kappa shape index (κ3) is 1.81. The first-order valence-corrected chi connectivity index (χ1v) is 4.14. The van der Waals surface area contributed by atoms with E-state index in [1.165, 1.54) is 18.2 Å². The standard InChI is InChI=1S/C8H7BrF2O/c9-8-5(7(12)4-10)2-1-3-6(8)11/h1-3,7,12H,4H2. The molecule has 0 aliphatic carbocycles. The van der Waals surface area contributed by atoms with Gasteiger partial charge in [0.15, 0.2) is 0 Å². The normalized spacial score (nSPS) is 13.0. The van der Waals surface area contributed by atoms with Crippen molar-refractivity contribution in [3.05, 3.63) is 34.1 Å². The van der Waals surface area contributed by atoms with Crippen molar-refractivity contribution >= 4 is 15.9 Å². The van der Waals surface area contributed by atoms with Crippen molar-refractivity contribution in [2.45, 2.75) is 6.10 Å². The Morgan fingerprint density at radius 2 is 2.17 bits per heavy atom. The maximum Gasteiger partial charge on any atom is 0.137 e. The molecule has 1 rings (SSSR count). The summed E-state index contributed by atoms with van der Waals surface area (Å²) in [6.07, 6.45) is -1.25. The van der Waals surface area contributed by atoms with E-state index >= 15 is 0 Å². The molecule has 0 aliphatic heterocycles. The van der Waals surface area contributed by atoms with E-state index in [0.29, 0.717) is 0 Å². The van der Waals surface area contributed by atoms with Gasteiger partial charge in [-0.25, -0.2) is 8.78 Å². The molecule has 0 saturated carbocycles. The van der Waals surface area contributed by atoms with Gasteiger partial charge in [0.1, 0.15) is 18.6 Å². The highest BCUT2D eigenvalue weighted by Gasteiger charge is 2.12. The van der Waals surface area contributed by atoms with Gasteiger partial charge in [0.2, 0.25) is 0 Å². The molecular weight excluding hydrogens is 230 g/mol. The first-order valence-electron chi connectivity index (χ1n) is 3.34. The van der Waals surface area contributed by atoms with Crippen LogP contribution >= 0.6 is 15.9 Å². The van der Waals surface area contributed by atoms with Crippen LogP contribution in [0, 0.1) is 5.82 Å². The molecule has 66 valence electrons. The second-order valence-corrected chi connectivity index (χ2v) is 3.11. The Morgan fingerprint density at radius 3 is 2.75 bits per heavy atom. The Labute approximate surface area is 77.2 Å². The summed E-state index contributed by atoms with van der Waals surface area (Å²) in [7, 11) is 0. The fraction of sp³-hybridized carbons (Fsp3) is 0.250. The Balaban J connectivity index is 3.07. The monoisotopic (exact) mass is 236 g/mol. The molecule has 1 unspecified atom stereocenters. The molecule has 12 heavy (non-hydrogen) atoms. The minimum absolute atomic E-state index is 0.121. The molecule has 0 spiro atoms. The fourth-order valence-corrected chi connectivity index (χ4v) is 1.39. The van der Waals surface area contributed by atoms with Crippen molar-refractivity contribution in [3.8, 4) is 0 Å². The average molecular weight is 237 g/mol. The highest BCUT2D eigenvalue weighted by molar-refractivity contribution is 9.10. The summed E-state index contributed by atoms with van der Waals surface area (Å²) in [5, 5.41) is 9.06. The van der Waals surface area contributed by atoms with E-state index in [2.05, 4.69) is 15.9 Å². The van der Waals surface area contributed by atoms with Gasteiger partial charge < -0.3 is 5.11 Å². The van der Waals surface area contributed by atoms with E-state index in [0.717, 1.165) is 0 Å². The third-order valence-corrected chi connectivity index (χ3v) is 2.32. The molecule has 0 heterocycles. The Hall–Kier alpha value is -0.480. The molecule has 0 saturated heterocycles. The molecule has 0 fully saturated rings. The number of alkyl halides is 1. The number of hydrogen-bond donors (Lipinski definition) is 1. The highest BCUT2D eigenvalue weighted by atomic mass is 79.9. The van der Waals surface area contributed by atoms with Crippen LogP contribution in [0.5, 0.6) is 0 Å². The van der Waals surface area contributed by atoms with Crippen LogP contribution in [-0.4, -0.2) is 11.8 Å². The largest absolute Gasteiger partial charge is 0.386 e. The van der Waals surface area contributed by atoms with Gasteiger partial charge in [0.25, 0.3) is 0 Å². The predicted molar refractivity (Wildman–Crippen MR) is 45.0 cm³/mol. The molecule has 4 heteroatoms. The molecule has 1 N–H and O–H groups in total. The molecule has 1 aromatic carbocycles. The van der Waals surface area contributed by atoms with E-state index in [4.69, 9.17) is 5.11 Å². The topological polar surface area (TPSA) is 20.2 Å². The second-order valence-electron chi connectivity index (χ2n) is 2.31. The summed E-state index contributed by atoms with van der Waals surface area (Å²) >= 11 is 2.92. The van der Waals surface area contributed by atoms with Crippen molar-refractivity contribution in [1.82, 2.24) is 0 Å². The lowest BCUT2D eigenvalue weighted by Gasteiger charge is -2.08. The van der Waals surface area contributed by atoms with Gasteiger partial charge in [0.05, 0.1) is 4.47 Å². The fourth-order valence-electron chi connectivity index (χ4n) is 0.861. The van der Waals surface area contributed by atoms with Gasteiger partial charge >= 0.3 is 0 Å². The van der Waals surface area contributed by atoms with E-state index in [-0.39, 0.29) is 10.0 Å². The second kappa shape index (κ2) is 3.96. The third-order valence-electron chi connectivity index (χ3n) is 1.49. The van der Waals surface area contributed by atoms with E-state index < -0.39 is 18.6 Å². The zero-order chi connectivity index (χ0) is 9.14. The van der Waals surface area contributed by atoms with Gasteiger partial charge in [0, 0.05) is 5.56 Å². The van der Waals surface area contributed by atoms with E-state index in [1.807, 2.05) is 0 Å². The molecule has 0 bridgehead atoms. The highest BCUT2D eigenvalue weighted by Crippen LogP contribution is 2.25. The van der Waals surface area contributed by atoms with Gasteiger partial charge in [-0.15, -0.1) is 0 Å². The smallest absolute Gasteiger partial charge is 0.137 e. The summed E-state index contributed by atoms with van der Waals surface area (Å²) in [4.78, 5) is 0. The first-order chi connectivity index (χ1) is 5.66. The lowest BCUT2D eigenvalue weighted by molar-refractivity contribution is 0.140. The summed E-state index contributed by atoms with van der Waals surface area (Å²) < 4.78 is 24.9. The van der Waals surface area contributed by atoms with Crippen molar-refractivity contribution in [1.29, 1.82) is 0 Å². The van der Waals surface area contributed by atoms with E-state index in [1.54, 1.807) is 0 Å². The molecule has 0 amide bonds. The van der Waals surface area contributed by atoms with Crippen LogP contribution in [0.15, 0.2) is 22.7 Å². The van der Waals surface area contributed by atoms with E-state index in [9.17, 15) is 8.78 Å². The molecular formula is C8H7BrF2O. The zero-order valence-electron chi connectivity index (χ0n) is 6.10. The Kier molecular flexibility index (Phi) is 3.17. The van der Waals surface area contributed by atoms with Gasteiger partial charge in [-0.3, -0.25) is 0 Å². The lowest BCUT2D eigenvalue weighted by atomic mass is 10.1. The molecule has 0 radical (unpaired) electrons. The minimum Gasteiger partial charge on any atom is -0.386 e. The van der Waals surface area contributed by atoms with Crippen molar-refractivity contribution in [2.75, 3.05) is 6.67 Å². The van der Waals surface area contributed by atoms with Crippen molar-refractivity contribution in [3.63, 3.8) is 0 Å². The first kappa shape index (κ1) is 9.61. The predicted octanol–water partition coefficient (Wildman–Crippen LogP) is 2.59.